The number of ether oxygens (including phenoxy) is 1. The number of carbonyl (C=O) groups excluding carboxylic acids is 1. The van der Waals surface area contributed by atoms with Gasteiger partial charge in [0.05, 0.1) is 13.2 Å². The van der Waals surface area contributed by atoms with Crippen LogP contribution in [0.5, 0.6) is 0 Å². The summed E-state index contributed by atoms with van der Waals surface area (Å²) in [6.45, 7) is 3.43. The van der Waals surface area contributed by atoms with Gasteiger partial charge >= 0.3 is 0 Å². The van der Waals surface area contributed by atoms with Gasteiger partial charge in [-0.1, -0.05) is 0 Å². The molecule has 0 saturated heterocycles. The van der Waals surface area contributed by atoms with Crippen LogP contribution in [0.3, 0.4) is 0 Å². The fraction of sp³-hybridized carbons (Fsp3) is 0.455. The van der Waals surface area contributed by atoms with Crippen molar-refractivity contribution in [1.82, 2.24) is 10.3 Å². The summed E-state index contributed by atoms with van der Waals surface area (Å²) >= 11 is 0. The van der Waals surface area contributed by atoms with Crippen molar-refractivity contribution >= 4 is 11.6 Å². The zero-order chi connectivity index (χ0) is 11.8. The Kier molecular flexibility index (Phi) is 5.45. The summed E-state index contributed by atoms with van der Waals surface area (Å²) in [5.74, 6) is -0.0679. The van der Waals surface area contributed by atoms with Crippen molar-refractivity contribution in [2.45, 2.75) is 6.92 Å². The Balaban J connectivity index is 2.29. The van der Waals surface area contributed by atoms with E-state index in [2.05, 4.69) is 15.6 Å². The summed E-state index contributed by atoms with van der Waals surface area (Å²) in [6.07, 6.45) is 1.67. The minimum absolute atomic E-state index is 0.0679. The topological polar surface area (TPSA) is 63.2 Å². The standard InChI is InChI=1S/C11H17N3O2/c1-9-7-10(3-4-13-9)14-11(15)8-12-5-6-16-2/h3-4,7,12H,5-6,8H2,1-2H3,(H,13,14,15). The highest BCUT2D eigenvalue weighted by Gasteiger charge is 2.01. The molecule has 0 saturated carbocycles. The highest BCUT2D eigenvalue weighted by molar-refractivity contribution is 5.92. The molecule has 0 aliphatic carbocycles. The summed E-state index contributed by atoms with van der Waals surface area (Å²) in [5.41, 5.74) is 1.65. The number of nitrogens with zero attached hydrogens (tertiary/aromatic N) is 1. The van der Waals surface area contributed by atoms with Crippen LogP contribution in [0.1, 0.15) is 5.69 Å². The number of amides is 1. The number of aromatic nitrogens is 1. The van der Waals surface area contributed by atoms with Gasteiger partial charge in [-0.25, -0.2) is 0 Å². The molecule has 0 radical (unpaired) electrons. The Morgan fingerprint density at radius 2 is 2.38 bits per heavy atom. The van der Waals surface area contributed by atoms with Gasteiger partial charge in [-0.2, -0.15) is 0 Å². The first-order chi connectivity index (χ1) is 7.72. The van der Waals surface area contributed by atoms with Gasteiger partial charge in [-0.15, -0.1) is 0 Å². The number of hydrogen-bond donors (Lipinski definition) is 2. The lowest BCUT2D eigenvalue weighted by Crippen LogP contribution is -2.30. The first kappa shape index (κ1) is 12.6. The third-order valence-electron chi connectivity index (χ3n) is 1.95. The molecule has 0 aliphatic rings. The maximum atomic E-state index is 11.5. The fourth-order valence-corrected chi connectivity index (χ4v) is 1.20. The molecular weight excluding hydrogens is 206 g/mol. The van der Waals surface area contributed by atoms with E-state index in [1.165, 1.54) is 0 Å². The number of nitrogens with one attached hydrogen (secondary N) is 2. The summed E-state index contributed by atoms with van der Waals surface area (Å²) < 4.78 is 4.86. The molecule has 16 heavy (non-hydrogen) atoms. The molecule has 1 rings (SSSR count). The molecule has 0 aliphatic heterocycles. The molecule has 0 spiro atoms. The predicted octanol–water partition coefficient (Wildman–Crippen LogP) is 0.565. The first-order valence-electron chi connectivity index (χ1n) is 5.14. The van der Waals surface area contributed by atoms with E-state index < -0.39 is 0 Å². The molecule has 0 unspecified atom stereocenters. The maximum Gasteiger partial charge on any atom is 0.238 e. The van der Waals surface area contributed by atoms with Gasteiger partial charge in [0, 0.05) is 31.2 Å². The van der Waals surface area contributed by atoms with E-state index in [-0.39, 0.29) is 12.5 Å². The van der Waals surface area contributed by atoms with E-state index in [0.29, 0.717) is 13.2 Å². The van der Waals surface area contributed by atoms with E-state index in [4.69, 9.17) is 4.74 Å². The van der Waals surface area contributed by atoms with Crippen LogP contribution in [-0.2, 0) is 9.53 Å². The number of carbonyl (C=O) groups is 1. The maximum absolute atomic E-state index is 11.5. The summed E-state index contributed by atoms with van der Waals surface area (Å²) in [7, 11) is 1.63. The second-order valence-electron chi connectivity index (χ2n) is 3.40. The Morgan fingerprint density at radius 3 is 3.06 bits per heavy atom. The van der Waals surface area contributed by atoms with Crippen LogP contribution in [0.4, 0.5) is 5.69 Å². The van der Waals surface area contributed by atoms with Crippen molar-refractivity contribution in [2.24, 2.45) is 0 Å². The Hall–Kier alpha value is -1.46. The average Bonchev–Trinajstić information content (AvgIpc) is 2.24. The fourth-order valence-electron chi connectivity index (χ4n) is 1.20. The summed E-state index contributed by atoms with van der Waals surface area (Å²) in [6, 6.07) is 3.59. The second-order valence-corrected chi connectivity index (χ2v) is 3.40. The molecule has 88 valence electrons. The SMILES string of the molecule is COCCNCC(=O)Nc1ccnc(C)c1. The van der Waals surface area contributed by atoms with Crippen molar-refractivity contribution in [3.63, 3.8) is 0 Å². The lowest BCUT2D eigenvalue weighted by molar-refractivity contribution is -0.115. The molecule has 1 heterocycles. The zero-order valence-corrected chi connectivity index (χ0v) is 9.62. The number of hydrogen-bond acceptors (Lipinski definition) is 4. The summed E-state index contributed by atoms with van der Waals surface area (Å²) in [5, 5.41) is 5.75. The highest BCUT2D eigenvalue weighted by Crippen LogP contribution is 2.06. The largest absolute Gasteiger partial charge is 0.383 e. The van der Waals surface area contributed by atoms with Crippen LogP contribution >= 0.6 is 0 Å². The normalized spacial score (nSPS) is 10.1. The Labute approximate surface area is 95.2 Å². The van der Waals surface area contributed by atoms with Gasteiger partial charge in [0.1, 0.15) is 0 Å². The van der Waals surface area contributed by atoms with Crippen molar-refractivity contribution in [3.05, 3.63) is 24.0 Å². The third kappa shape index (κ3) is 4.86. The molecule has 1 aromatic heterocycles. The number of anilines is 1. The number of rotatable bonds is 6. The van der Waals surface area contributed by atoms with Crippen LogP contribution in [-0.4, -0.2) is 37.7 Å². The number of pyridine rings is 1. The predicted molar refractivity (Wildman–Crippen MR) is 62.3 cm³/mol. The molecular formula is C11H17N3O2. The van der Waals surface area contributed by atoms with E-state index in [9.17, 15) is 4.79 Å². The zero-order valence-electron chi connectivity index (χ0n) is 9.62. The van der Waals surface area contributed by atoms with Gasteiger partial charge in [0.2, 0.25) is 5.91 Å². The number of aryl methyl sites for hydroxylation is 1. The Morgan fingerprint density at radius 1 is 1.56 bits per heavy atom. The molecule has 0 atom stereocenters. The van der Waals surface area contributed by atoms with E-state index in [1.807, 2.05) is 13.0 Å². The minimum Gasteiger partial charge on any atom is -0.383 e. The van der Waals surface area contributed by atoms with Gasteiger partial charge in [-0.05, 0) is 19.1 Å². The lowest BCUT2D eigenvalue weighted by Gasteiger charge is -2.06. The van der Waals surface area contributed by atoms with Crippen LogP contribution in [0.25, 0.3) is 0 Å². The van der Waals surface area contributed by atoms with Crippen LogP contribution in [0, 0.1) is 6.92 Å². The van der Waals surface area contributed by atoms with Crippen molar-refractivity contribution < 1.29 is 9.53 Å². The Bertz CT molecular complexity index is 342. The molecule has 0 bridgehead atoms. The molecule has 5 nitrogen and oxygen atoms in total. The van der Waals surface area contributed by atoms with Crippen LogP contribution < -0.4 is 10.6 Å². The third-order valence-corrected chi connectivity index (χ3v) is 1.95. The monoisotopic (exact) mass is 223 g/mol. The minimum atomic E-state index is -0.0679. The van der Waals surface area contributed by atoms with Crippen LogP contribution in [0.2, 0.25) is 0 Å². The van der Waals surface area contributed by atoms with E-state index >= 15 is 0 Å². The van der Waals surface area contributed by atoms with Gasteiger partial charge in [0.25, 0.3) is 0 Å². The van der Waals surface area contributed by atoms with E-state index in [0.717, 1.165) is 11.4 Å². The van der Waals surface area contributed by atoms with Gasteiger partial charge < -0.3 is 15.4 Å². The molecule has 0 fully saturated rings. The highest BCUT2D eigenvalue weighted by atomic mass is 16.5. The molecule has 0 aromatic carbocycles. The summed E-state index contributed by atoms with van der Waals surface area (Å²) in [4.78, 5) is 15.5. The first-order valence-corrected chi connectivity index (χ1v) is 5.14. The molecule has 2 N–H and O–H groups in total. The lowest BCUT2D eigenvalue weighted by atomic mass is 10.3. The van der Waals surface area contributed by atoms with Gasteiger partial charge in [0.15, 0.2) is 0 Å². The van der Waals surface area contributed by atoms with E-state index in [1.54, 1.807) is 19.4 Å². The molecule has 5 heteroatoms. The molecule has 1 aromatic rings. The second kappa shape index (κ2) is 6.92. The molecule has 1 amide bonds. The quantitative estimate of drug-likeness (QED) is 0.692. The van der Waals surface area contributed by atoms with Crippen molar-refractivity contribution in [3.8, 4) is 0 Å². The number of methoxy groups -OCH3 is 1. The van der Waals surface area contributed by atoms with Crippen molar-refractivity contribution in [2.75, 3.05) is 32.1 Å². The average molecular weight is 223 g/mol. The van der Waals surface area contributed by atoms with Crippen molar-refractivity contribution in [1.29, 1.82) is 0 Å². The smallest absolute Gasteiger partial charge is 0.238 e. The van der Waals surface area contributed by atoms with Gasteiger partial charge in [-0.3, -0.25) is 9.78 Å². The van der Waals surface area contributed by atoms with Crippen LogP contribution in [0.15, 0.2) is 18.3 Å².